The molecule has 0 heterocycles. The van der Waals surface area contributed by atoms with Crippen molar-refractivity contribution in [3.05, 3.63) is 29.3 Å². The lowest BCUT2D eigenvalue weighted by molar-refractivity contribution is 0.182. The van der Waals surface area contributed by atoms with Gasteiger partial charge in [-0.3, -0.25) is 0 Å². The zero-order valence-corrected chi connectivity index (χ0v) is 13.7. The molecule has 0 spiro atoms. The molecule has 22 heavy (non-hydrogen) atoms. The summed E-state index contributed by atoms with van der Waals surface area (Å²) >= 11 is 0. The van der Waals surface area contributed by atoms with E-state index in [0.717, 1.165) is 48.9 Å². The number of carbonyl (C=O) groups is 1. The van der Waals surface area contributed by atoms with Crippen LogP contribution in [0.15, 0.2) is 18.2 Å². The van der Waals surface area contributed by atoms with Crippen LogP contribution in [0.4, 0.5) is 10.5 Å². The lowest BCUT2D eigenvalue weighted by atomic mass is 9.96. The zero-order valence-electron chi connectivity index (χ0n) is 13.7. The summed E-state index contributed by atoms with van der Waals surface area (Å²) in [6, 6.07) is 5.99. The number of nitrogens with one attached hydrogen (secondary N) is 2. The van der Waals surface area contributed by atoms with Crippen molar-refractivity contribution in [2.45, 2.75) is 58.4 Å². The molecule has 3 N–H and O–H groups in total. The standard InChI is InChI=1S/C18H28N2O2/c1-3-14-10-7-8-13(2)17(14)20-18(22)19-16-11-6-4-5-9-15(16)12-21/h7-8,10,15-16,21H,3-6,9,11-12H2,1-2H3,(H2,19,20,22). The van der Waals surface area contributed by atoms with Crippen molar-refractivity contribution in [3.63, 3.8) is 0 Å². The van der Waals surface area contributed by atoms with Gasteiger partial charge in [0.25, 0.3) is 0 Å². The second-order valence-electron chi connectivity index (χ2n) is 6.25. The van der Waals surface area contributed by atoms with Crippen LogP contribution in [0.2, 0.25) is 0 Å². The molecule has 4 heteroatoms. The Bertz CT molecular complexity index is 502. The number of aliphatic hydroxyl groups excluding tert-OH is 1. The molecular weight excluding hydrogens is 276 g/mol. The molecule has 1 fully saturated rings. The molecule has 0 bridgehead atoms. The van der Waals surface area contributed by atoms with E-state index in [0.29, 0.717) is 0 Å². The van der Waals surface area contributed by atoms with Crippen LogP contribution >= 0.6 is 0 Å². The Balaban J connectivity index is 2.03. The molecule has 1 saturated carbocycles. The number of rotatable bonds is 4. The number of aliphatic hydroxyl groups is 1. The van der Waals surface area contributed by atoms with Gasteiger partial charge >= 0.3 is 6.03 Å². The van der Waals surface area contributed by atoms with Crippen molar-refractivity contribution in [3.8, 4) is 0 Å². The summed E-state index contributed by atoms with van der Waals surface area (Å²) in [6.07, 6.45) is 6.28. The molecule has 1 aliphatic rings. The maximum absolute atomic E-state index is 12.4. The van der Waals surface area contributed by atoms with Gasteiger partial charge in [-0.15, -0.1) is 0 Å². The molecule has 1 aliphatic carbocycles. The van der Waals surface area contributed by atoms with Gasteiger partial charge in [0.1, 0.15) is 0 Å². The van der Waals surface area contributed by atoms with Crippen LogP contribution in [0, 0.1) is 12.8 Å². The number of para-hydroxylation sites is 1. The molecule has 2 atom stereocenters. The molecule has 0 radical (unpaired) electrons. The number of hydrogen-bond acceptors (Lipinski definition) is 2. The third-order valence-corrected chi connectivity index (χ3v) is 4.69. The maximum Gasteiger partial charge on any atom is 0.319 e. The van der Waals surface area contributed by atoms with Gasteiger partial charge in [-0.25, -0.2) is 4.79 Å². The van der Waals surface area contributed by atoms with Crippen molar-refractivity contribution in [2.24, 2.45) is 5.92 Å². The zero-order chi connectivity index (χ0) is 15.9. The van der Waals surface area contributed by atoms with Crippen LogP contribution in [0.3, 0.4) is 0 Å². The van der Waals surface area contributed by atoms with Gasteiger partial charge in [-0.1, -0.05) is 44.4 Å². The first-order chi connectivity index (χ1) is 10.7. The number of carbonyl (C=O) groups excluding carboxylic acids is 1. The summed E-state index contributed by atoms with van der Waals surface area (Å²) in [5.74, 6) is 0.177. The van der Waals surface area contributed by atoms with Crippen LogP contribution in [-0.4, -0.2) is 23.8 Å². The van der Waals surface area contributed by atoms with Gasteiger partial charge < -0.3 is 15.7 Å². The highest BCUT2D eigenvalue weighted by Crippen LogP contribution is 2.24. The first-order valence-corrected chi connectivity index (χ1v) is 8.42. The molecule has 0 saturated heterocycles. The lowest BCUT2D eigenvalue weighted by Gasteiger charge is -2.25. The fourth-order valence-electron chi connectivity index (χ4n) is 3.31. The molecule has 2 amide bonds. The van der Waals surface area contributed by atoms with E-state index in [1.165, 1.54) is 6.42 Å². The van der Waals surface area contributed by atoms with E-state index in [1.807, 2.05) is 25.1 Å². The Morgan fingerprint density at radius 1 is 1.27 bits per heavy atom. The van der Waals surface area contributed by atoms with Gasteiger partial charge in [0.05, 0.1) is 0 Å². The molecular formula is C18H28N2O2. The van der Waals surface area contributed by atoms with Gasteiger partial charge in [-0.2, -0.15) is 0 Å². The second kappa shape index (κ2) is 8.18. The first kappa shape index (κ1) is 16.8. The van der Waals surface area contributed by atoms with E-state index in [2.05, 4.69) is 17.6 Å². The Labute approximate surface area is 133 Å². The number of urea groups is 1. The second-order valence-corrected chi connectivity index (χ2v) is 6.25. The average molecular weight is 304 g/mol. The summed E-state index contributed by atoms with van der Waals surface area (Å²) in [4.78, 5) is 12.4. The number of aryl methyl sites for hydroxylation is 2. The monoisotopic (exact) mass is 304 g/mol. The van der Waals surface area contributed by atoms with E-state index >= 15 is 0 Å². The van der Waals surface area contributed by atoms with Crippen molar-refractivity contribution >= 4 is 11.7 Å². The van der Waals surface area contributed by atoms with Gasteiger partial charge in [-0.05, 0) is 37.3 Å². The summed E-state index contributed by atoms with van der Waals surface area (Å²) in [5.41, 5.74) is 3.14. The summed E-state index contributed by atoms with van der Waals surface area (Å²) in [5, 5.41) is 15.6. The molecule has 4 nitrogen and oxygen atoms in total. The van der Waals surface area contributed by atoms with Gasteiger partial charge in [0.15, 0.2) is 0 Å². The third kappa shape index (κ3) is 4.23. The molecule has 0 aliphatic heterocycles. The predicted molar refractivity (Wildman–Crippen MR) is 90.2 cm³/mol. The van der Waals surface area contributed by atoms with Crippen molar-refractivity contribution in [1.29, 1.82) is 0 Å². The van der Waals surface area contributed by atoms with Crippen LogP contribution in [-0.2, 0) is 6.42 Å². The minimum Gasteiger partial charge on any atom is -0.396 e. The number of hydrogen-bond donors (Lipinski definition) is 3. The Hall–Kier alpha value is -1.55. The van der Waals surface area contributed by atoms with E-state index in [9.17, 15) is 9.90 Å². The summed E-state index contributed by atoms with van der Waals surface area (Å²) in [6.45, 7) is 4.25. The van der Waals surface area contributed by atoms with E-state index in [-0.39, 0.29) is 24.6 Å². The van der Waals surface area contributed by atoms with E-state index in [1.54, 1.807) is 0 Å². The molecule has 2 unspecified atom stereocenters. The number of anilines is 1. The van der Waals surface area contributed by atoms with E-state index in [4.69, 9.17) is 0 Å². The quantitative estimate of drug-likeness (QED) is 0.744. The fourth-order valence-corrected chi connectivity index (χ4v) is 3.31. The first-order valence-electron chi connectivity index (χ1n) is 8.42. The normalized spacial score (nSPS) is 22.0. The van der Waals surface area contributed by atoms with Gasteiger partial charge in [0.2, 0.25) is 0 Å². The van der Waals surface area contributed by atoms with E-state index < -0.39 is 0 Å². The highest BCUT2D eigenvalue weighted by atomic mass is 16.3. The minimum atomic E-state index is -0.158. The lowest BCUT2D eigenvalue weighted by Crippen LogP contribution is -2.43. The van der Waals surface area contributed by atoms with Crippen molar-refractivity contribution in [1.82, 2.24) is 5.32 Å². The minimum absolute atomic E-state index is 0.0709. The topological polar surface area (TPSA) is 61.4 Å². The SMILES string of the molecule is CCc1cccc(C)c1NC(=O)NC1CCCCCC1CO. The maximum atomic E-state index is 12.4. The smallest absolute Gasteiger partial charge is 0.319 e. The largest absolute Gasteiger partial charge is 0.396 e. The summed E-state index contributed by atoms with van der Waals surface area (Å²) in [7, 11) is 0. The van der Waals surface area contributed by atoms with Crippen LogP contribution in [0.25, 0.3) is 0 Å². The summed E-state index contributed by atoms with van der Waals surface area (Å²) < 4.78 is 0. The average Bonchev–Trinajstić information content (AvgIpc) is 2.74. The number of amides is 2. The highest BCUT2D eigenvalue weighted by Gasteiger charge is 2.24. The highest BCUT2D eigenvalue weighted by molar-refractivity contribution is 5.91. The predicted octanol–water partition coefficient (Wildman–Crippen LogP) is 3.62. The molecule has 1 aromatic carbocycles. The Morgan fingerprint density at radius 3 is 2.77 bits per heavy atom. The number of benzene rings is 1. The van der Waals surface area contributed by atoms with Crippen LogP contribution in [0.5, 0.6) is 0 Å². The van der Waals surface area contributed by atoms with Crippen LogP contribution < -0.4 is 10.6 Å². The Morgan fingerprint density at radius 2 is 2.05 bits per heavy atom. The van der Waals surface area contributed by atoms with Gasteiger partial charge in [0, 0.05) is 24.3 Å². The third-order valence-electron chi connectivity index (χ3n) is 4.69. The molecule has 1 aromatic rings. The Kier molecular flexibility index (Phi) is 6.25. The molecule has 122 valence electrons. The van der Waals surface area contributed by atoms with Crippen molar-refractivity contribution in [2.75, 3.05) is 11.9 Å². The van der Waals surface area contributed by atoms with Crippen LogP contribution in [0.1, 0.15) is 50.2 Å². The molecule has 2 rings (SSSR count). The fraction of sp³-hybridized carbons (Fsp3) is 0.611. The molecule has 0 aromatic heterocycles. The van der Waals surface area contributed by atoms with Crippen molar-refractivity contribution < 1.29 is 9.90 Å².